The van der Waals surface area contributed by atoms with Crippen LogP contribution in [0, 0.1) is 5.41 Å². The molecule has 0 aliphatic carbocycles. The number of rotatable bonds is 5. The fraction of sp³-hybridized carbons (Fsp3) is 0.846. The highest BCUT2D eigenvalue weighted by atomic mass is 16.2. The molecule has 6 heteroatoms. The molecule has 1 aliphatic heterocycles. The van der Waals surface area contributed by atoms with Gasteiger partial charge in [0, 0.05) is 26.7 Å². The first-order valence-corrected chi connectivity index (χ1v) is 6.87. The van der Waals surface area contributed by atoms with Crippen LogP contribution in [0.1, 0.15) is 20.3 Å². The topological polar surface area (TPSA) is 73.5 Å². The van der Waals surface area contributed by atoms with Crippen LogP contribution in [0.3, 0.4) is 0 Å². The quantitative estimate of drug-likeness (QED) is 0.610. The van der Waals surface area contributed by atoms with Crippen molar-refractivity contribution >= 4 is 11.8 Å². The highest BCUT2D eigenvalue weighted by molar-refractivity contribution is 5.83. The molecule has 0 bridgehead atoms. The Morgan fingerprint density at radius 2 is 2.00 bits per heavy atom. The minimum atomic E-state index is -0.579. The van der Waals surface area contributed by atoms with Gasteiger partial charge in [0.2, 0.25) is 11.8 Å². The molecule has 1 rings (SSSR count). The van der Waals surface area contributed by atoms with Gasteiger partial charge in [-0.2, -0.15) is 0 Å². The van der Waals surface area contributed by atoms with Crippen LogP contribution in [0.25, 0.3) is 0 Å². The lowest BCUT2D eigenvalue weighted by Gasteiger charge is -2.24. The Labute approximate surface area is 115 Å². The smallest absolute Gasteiger partial charge is 0.234 e. The summed E-state index contributed by atoms with van der Waals surface area (Å²) in [6.45, 7) is 8.19. The number of nitrogens with one attached hydrogen (secondary N) is 3. The Kier molecular flexibility index (Phi) is 6.24. The molecule has 2 amide bonds. The summed E-state index contributed by atoms with van der Waals surface area (Å²) < 4.78 is 0. The number of carbonyl (C=O) groups excluding carboxylic acids is 2. The molecule has 0 spiro atoms. The van der Waals surface area contributed by atoms with Gasteiger partial charge in [-0.05, 0) is 33.4 Å². The largest absolute Gasteiger partial charge is 0.359 e. The molecule has 0 radical (unpaired) electrons. The summed E-state index contributed by atoms with van der Waals surface area (Å²) in [6, 6.07) is 0. The molecule has 1 heterocycles. The maximum Gasteiger partial charge on any atom is 0.234 e. The van der Waals surface area contributed by atoms with E-state index in [0.29, 0.717) is 13.1 Å². The third kappa shape index (κ3) is 5.57. The van der Waals surface area contributed by atoms with Crippen LogP contribution in [0.15, 0.2) is 0 Å². The first-order valence-electron chi connectivity index (χ1n) is 6.87. The standard InChI is InChI=1S/C13H26N4O2/c1-13(2,12(19)14-3)10-16-11(18)9-17-7-4-5-15-6-8-17/h15H,4-10H2,1-3H3,(H,14,19)(H,16,18). The average molecular weight is 270 g/mol. The molecule has 1 saturated heterocycles. The molecule has 0 unspecified atom stereocenters. The predicted molar refractivity (Wildman–Crippen MR) is 74.8 cm³/mol. The fourth-order valence-corrected chi connectivity index (χ4v) is 2.06. The van der Waals surface area contributed by atoms with E-state index < -0.39 is 5.41 Å². The van der Waals surface area contributed by atoms with Crippen molar-refractivity contribution in [2.45, 2.75) is 20.3 Å². The zero-order valence-electron chi connectivity index (χ0n) is 12.2. The van der Waals surface area contributed by atoms with Gasteiger partial charge >= 0.3 is 0 Å². The predicted octanol–water partition coefficient (Wildman–Crippen LogP) is -0.830. The summed E-state index contributed by atoms with van der Waals surface area (Å²) in [4.78, 5) is 25.6. The van der Waals surface area contributed by atoms with Crippen LogP contribution in [0.2, 0.25) is 0 Å². The summed E-state index contributed by atoms with van der Waals surface area (Å²) in [5, 5.41) is 8.76. The fourth-order valence-electron chi connectivity index (χ4n) is 2.06. The summed E-state index contributed by atoms with van der Waals surface area (Å²) in [6.07, 6.45) is 1.07. The minimum absolute atomic E-state index is 0.0149. The zero-order valence-corrected chi connectivity index (χ0v) is 12.2. The van der Waals surface area contributed by atoms with E-state index in [4.69, 9.17) is 0 Å². The van der Waals surface area contributed by atoms with E-state index in [1.807, 2.05) is 13.8 Å². The number of amides is 2. The minimum Gasteiger partial charge on any atom is -0.359 e. The maximum absolute atomic E-state index is 11.9. The van der Waals surface area contributed by atoms with Gasteiger partial charge in [-0.3, -0.25) is 14.5 Å². The van der Waals surface area contributed by atoms with Crippen LogP contribution in [0.4, 0.5) is 0 Å². The second-order valence-electron chi connectivity index (χ2n) is 5.62. The van der Waals surface area contributed by atoms with Gasteiger partial charge in [0.1, 0.15) is 0 Å². The highest BCUT2D eigenvalue weighted by Gasteiger charge is 2.27. The molecule has 110 valence electrons. The third-order valence-corrected chi connectivity index (χ3v) is 3.37. The molecule has 1 fully saturated rings. The average Bonchev–Trinajstić information content (AvgIpc) is 2.64. The number of hydrogen-bond acceptors (Lipinski definition) is 4. The first-order chi connectivity index (χ1) is 8.95. The number of nitrogens with zero attached hydrogens (tertiary/aromatic N) is 1. The molecule has 6 nitrogen and oxygen atoms in total. The summed E-state index contributed by atoms with van der Waals surface area (Å²) in [5.74, 6) is -0.0781. The maximum atomic E-state index is 11.9. The molecule has 3 N–H and O–H groups in total. The van der Waals surface area contributed by atoms with Gasteiger partial charge in [0.05, 0.1) is 12.0 Å². The zero-order chi connectivity index (χ0) is 14.3. The monoisotopic (exact) mass is 270 g/mol. The first kappa shape index (κ1) is 15.9. The van der Waals surface area contributed by atoms with E-state index in [1.165, 1.54) is 0 Å². The normalized spacial score (nSPS) is 17.6. The molecule has 0 aromatic rings. The van der Waals surface area contributed by atoms with E-state index in [-0.39, 0.29) is 11.8 Å². The van der Waals surface area contributed by atoms with Crippen molar-refractivity contribution in [3.05, 3.63) is 0 Å². The summed E-state index contributed by atoms with van der Waals surface area (Å²) in [5.41, 5.74) is -0.579. The van der Waals surface area contributed by atoms with Gasteiger partial charge in [-0.1, -0.05) is 0 Å². The van der Waals surface area contributed by atoms with E-state index in [0.717, 1.165) is 32.6 Å². The number of hydrogen-bond donors (Lipinski definition) is 3. The van der Waals surface area contributed by atoms with Crippen molar-refractivity contribution in [1.29, 1.82) is 0 Å². The molecule has 0 atom stereocenters. The van der Waals surface area contributed by atoms with Crippen LogP contribution in [-0.4, -0.2) is 63.0 Å². The second-order valence-corrected chi connectivity index (χ2v) is 5.62. The Balaban J connectivity index is 2.32. The van der Waals surface area contributed by atoms with Crippen LogP contribution < -0.4 is 16.0 Å². The van der Waals surface area contributed by atoms with Crippen molar-refractivity contribution in [2.24, 2.45) is 5.41 Å². The van der Waals surface area contributed by atoms with Gasteiger partial charge in [0.25, 0.3) is 0 Å². The lowest BCUT2D eigenvalue weighted by atomic mass is 9.92. The molecule has 0 aromatic carbocycles. The third-order valence-electron chi connectivity index (χ3n) is 3.37. The van der Waals surface area contributed by atoms with Crippen LogP contribution in [-0.2, 0) is 9.59 Å². The van der Waals surface area contributed by atoms with Gasteiger partial charge < -0.3 is 16.0 Å². The summed E-state index contributed by atoms with van der Waals surface area (Å²) >= 11 is 0. The molecular formula is C13H26N4O2. The lowest BCUT2D eigenvalue weighted by molar-refractivity contribution is -0.129. The van der Waals surface area contributed by atoms with E-state index in [2.05, 4.69) is 20.9 Å². The molecule has 0 saturated carbocycles. The van der Waals surface area contributed by atoms with E-state index in [9.17, 15) is 9.59 Å². The van der Waals surface area contributed by atoms with E-state index in [1.54, 1.807) is 7.05 Å². The van der Waals surface area contributed by atoms with Crippen molar-refractivity contribution < 1.29 is 9.59 Å². The molecule has 0 aromatic heterocycles. The molecule has 19 heavy (non-hydrogen) atoms. The SMILES string of the molecule is CNC(=O)C(C)(C)CNC(=O)CN1CCCNCC1. The van der Waals surface area contributed by atoms with E-state index >= 15 is 0 Å². The highest BCUT2D eigenvalue weighted by Crippen LogP contribution is 2.12. The van der Waals surface area contributed by atoms with Gasteiger partial charge in [0.15, 0.2) is 0 Å². The Morgan fingerprint density at radius 1 is 1.26 bits per heavy atom. The van der Waals surface area contributed by atoms with Crippen LogP contribution >= 0.6 is 0 Å². The lowest BCUT2D eigenvalue weighted by Crippen LogP contribution is -2.46. The van der Waals surface area contributed by atoms with Gasteiger partial charge in [-0.25, -0.2) is 0 Å². The Morgan fingerprint density at radius 3 is 2.68 bits per heavy atom. The van der Waals surface area contributed by atoms with Crippen molar-refractivity contribution in [3.63, 3.8) is 0 Å². The second kappa shape index (κ2) is 7.45. The number of carbonyl (C=O) groups is 2. The molecular weight excluding hydrogens is 244 g/mol. The van der Waals surface area contributed by atoms with Gasteiger partial charge in [-0.15, -0.1) is 0 Å². The molecule has 1 aliphatic rings. The Bertz CT molecular complexity index is 310. The summed E-state index contributed by atoms with van der Waals surface area (Å²) in [7, 11) is 1.61. The van der Waals surface area contributed by atoms with Crippen LogP contribution in [0.5, 0.6) is 0 Å². The Hall–Kier alpha value is -1.14. The van der Waals surface area contributed by atoms with Crippen molar-refractivity contribution in [2.75, 3.05) is 46.3 Å². The van der Waals surface area contributed by atoms with Crippen molar-refractivity contribution in [3.8, 4) is 0 Å². The van der Waals surface area contributed by atoms with Crippen molar-refractivity contribution in [1.82, 2.24) is 20.9 Å².